The Bertz CT molecular complexity index is 438. The molecule has 0 aliphatic heterocycles. The maximum atomic E-state index is 11.6. The highest BCUT2D eigenvalue weighted by molar-refractivity contribution is 5.80. The minimum atomic E-state index is -0.973. The normalized spacial score (nSPS) is 11.8. The minimum absolute atomic E-state index is 0.0999. The molecule has 1 amide bonds. The van der Waals surface area contributed by atoms with Crippen LogP contribution in [-0.4, -0.2) is 35.5 Å². The van der Waals surface area contributed by atoms with Gasteiger partial charge in [0.2, 0.25) is 5.91 Å². The lowest BCUT2D eigenvalue weighted by Crippen LogP contribution is -2.31. The third-order valence-corrected chi connectivity index (χ3v) is 3.83. The third-order valence-electron chi connectivity index (χ3n) is 3.83. The molecule has 0 aliphatic rings. The number of unbranched alkanes of at least 4 members (excludes halogenated alkanes) is 5. The van der Waals surface area contributed by atoms with Crippen molar-refractivity contribution in [2.75, 3.05) is 13.6 Å². The average molecular weight is 350 g/mol. The molecule has 25 heavy (non-hydrogen) atoms. The number of allylic oxidation sites excluding steroid dienone is 6. The van der Waals surface area contributed by atoms with Crippen molar-refractivity contribution in [1.82, 2.24) is 4.90 Å². The standard InChI is InChI=1S/C21H35NO3/c1-3-4-5-6-7-8-9-10-11-12-13-14-15-16-17-18-20(23)22(2)19-21(24)25/h7-8,10-11,13-14H,3-6,9,12,15-19H2,1-2H3,(H,24,25)/b8-7-,11-10-,14-13-. The molecule has 0 radical (unpaired) electrons. The summed E-state index contributed by atoms with van der Waals surface area (Å²) in [5, 5.41) is 8.62. The van der Waals surface area contributed by atoms with Crippen LogP contribution in [0.3, 0.4) is 0 Å². The summed E-state index contributed by atoms with van der Waals surface area (Å²) in [6, 6.07) is 0. The zero-order valence-corrected chi connectivity index (χ0v) is 16.0. The van der Waals surface area contributed by atoms with Crippen LogP contribution < -0.4 is 0 Å². The molecule has 4 nitrogen and oxygen atoms in total. The molecule has 0 aliphatic carbocycles. The van der Waals surface area contributed by atoms with Crippen LogP contribution in [0.5, 0.6) is 0 Å². The lowest BCUT2D eigenvalue weighted by molar-refractivity contribution is -0.143. The summed E-state index contributed by atoms with van der Waals surface area (Å²) in [4.78, 5) is 23.4. The zero-order valence-electron chi connectivity index (χ0n) is 16.0. The molecule has 142 valence electrons. The van der Waals surface area contributed by atoms with E-state index in [-0.39, 0.29) is 12.5 Å². The molecule has 0 fully saturated rings. The van der Waals surface area contributed by atoms with Crippen molar-refractivity contribution >= 4 is 11.9 Å². The average Bonchev–Trinajstić information content (AvgIpc) is 2.57. The maximum Gasteiger partial charge on any atom is 0.323 e. The minimum Gasteiger partial charge on any atom is -0.480 e. The second-order valence-corrected chi connectivity index (χ2v) is 6.27. The number of carboxylic acid groups (broad SMARTS) is 1. The number of carboxylic acids is 1. The highest BCUT2D eigenvalue weighted by atomic mass is 16.4. The quantitative estimate of drug-likeness (QED) is 0.330. The summed E-state index contributed by atoms with van der Waals surface area (Å²) >= 11 is 0. The van der Waals surface area contributed by atoms with Gasteiger partial charge in [0, 0.05) is 13.5 Å². The van der Waals surface area contributed by atoms with Crippen molar-refractivity contribution < 1.29 is 14.7 Å². The van der Waals surface area contributed by atoms with Gasteiger partial charge >= 0.3 is 5.97 Å². The number of carbonyl (C=O) groups excluding carboxylic acids is 1. The molecule has 0 atom stereocenters. The van der Waals surface area contributed by atoms with E-state index in [1.165, 1.54) is 37.6 Å². The maximum absolute atomic E-state index is 11.6. The summed E-state index contributed by atoms with van der Waals surface area (Å²) in [7, 11) is 1.53. The van der Waals surface area contributed by atoms with Gasteiger partial charge in [-0.2, -0.15) is 0 Å². The first-order valence-electron chi connectivity index (χ1n) is 9.48. The fourth-order valence-corrected chi connectivity index (χ4v) is 2.31. The molecule has 0 spiro atoms. The number of aliphatic carboxylic acids is 1. The van der Waals surface area contributed by atoms with E-state index in [2.05, 4.69) is 43.4 Å². The van der Waals surface area contributed by atoms with Gasteiger partial charge in [0.1, 0.15) is 6.54 Å². The Kier molecular flexibility index (Phi) is 15.7. The molecule has 4 heteroatoms. The summed E-state index contributed by atoms with van der Waals surface area (Å²) in [6.07, 6.45) is 23.3. The zero-order chi connectivity index (χ0) is 18.8. The van der Waals surface area contributed by atoms with Crippen molar-refractivity contribution in [3.05, 3.63) is 36.5 Å². The van der Waals surface area contributed by atoms with Gasteiger partial charge in [0.25, 0.3) is 0 Å². The van der Waals surface area contributed by atoms with E-state index in [9.17, 15) is 9.59 Å². The van der Waals surface area contributed by atoms with E-state index in [0.717, 1.165) is 32.1 Å². The number of hydrogen-bond acceptors (Lipinski definition) is 2. The van der Waals surface area contributed by atoms with Gasteiger partial charge in [-0.3, -0.25) is 9.59 Å². The number of rotatable bonds is 15. The molecule has 0 aromatic heterocycles. The van der Waals surface area contributed by atoms with Crippen molar-refractivity contribution in [1.29, 1.82) is 0 Å². The van der Waals surface area contributed by atoms with E-state index in [4.69, 9.17) is 5.11 Å². The third kappa shape index (κ3) is 16.8. The molecular formula is C21H35NO3. The Hall–Kier alpha value is -1.84. The van der Waals surface area contributed by atoms with Crippen LogP contribution in [-0.2, 0) is 9.59 Å². The van der Waals surface area contributed by atoms with E-state index < -0.39 is 5.97 Å². The first-order chi connectivity index (χ1) is 12.1. The molecule has 0 bridgehead atoms. The van der Waals surface area contributed by atoms with Crippen molar-refractivity contribution in [2.45, 2.75) is 71.1 Å². The SMILES string of the molecule is CCCCC/C=C\C/C=C\C/C=C\CCCCC(=O)N(C)CC(=O)O. The molecule has 0 unspecified atom stereocenters. The number of hydrogen-bond donors (Lipinski definition) is 1. The van der Waals surface area contributed by atoms with Gasteiger partial charge in [0.15, 0.2) is 0 Å². The second kappa shape index (κ2) is 17.0. The van der Waals surface area contributed by atoms with Crippen LogP contribution in [0.25, 0.3) is 0 Å². The Morgan fingerprint density at radius 1 is 0.840 bits per heavy atom. The van der Waals surface area contributed by atoms with Gasteiger partial charge < -0.3 is 10.0 Å². The van der Waals surface area contributed by atoms with Crippen LogP contribution in [0, 0.1) is 0 Å². The van der Waals surface area contributed by atoms with Crippen molar-refractivity contribution in [3.63, 3.8) is 0 Å². The van der Waals surface area contributed by atoms with Crippen LogP contribution in [0.4, 0.5) is 0 Å². The first kappa shape index (κ1) is 23.2. The second-order valence-electron chi connectivity index (χ2n) is 6.27. The van der Waals surface area contributed by atoms with Crippen LogP contribution in [0.2, 0.25) is 0 Å². The molecule has 0 rings (SSSR count). The Balaban J connectivity index is 3.53. The van der Waals surface area contributed by atoms with Gasteiger partial charge in [0.05, 0.1) is 0 Å². The lowest BCUT2D eigenvalue weighted by Gasteiger charge is -2.13. The van der Waals surface area contributed by atoms with E-state index in [1.54, 1.807) is 0 Å². The van der Waals surface area contributed by atoms with Gasteiger partial charge in [-0.1, -0.05) is 56.2 Å². The molecule has 0 saturated carbocycles. The van der Waals surface area contributed by atoms with E-state index in [0.29, 0.717) is 6.42 Å². The Labute approximate surface area is 153 Å². The largest absolute Gasteiger partial charge is 0.480 e. The van der Waals surface area contributed by atoms with Gasteiger partial charge in [-0.15, -0.1) is 0 Å². The molecule has 0 aromatic rings. The van der Waals surface area contributed by atoms with Crippen molar-refractivity contribution in [3.8, 4) is 0 Å². The molecular weight excluding hydrogens is 314 g/mol. The fourth-order valence-electron chi connectivity index (χ4n) is 2.31. The van der Waals surface area contributed by atoms with Crippen LogP contribution >= 0.6 is 0 Å². The smallest absolute Gasteiger partial charge is 0.323 e. The van der Waals surface area contributed by atoms with Gasteiger partial charge in [-0.05, 0) is 44.9 Å². The summed E-state index contributed by atoms with van der Waals surface area (Å²) in [5.41, 5.74) is 0. The number of nitrogens with zero attached hydrogens (tertiary/aromatic N) is 1. The topological polar surface area (TPSA) is 57.6 Å². The molecule has 0 heterocycles. The van der Waals surface area contributed by atoms with Crippen LogP contribution in [0.15, 0.2) is 36.5 Å². The lowest BCUT2D eigenvalue weighted by atomic mass is 10.1. The summed E-state index contributed by atoms with van der Waals surface area (Å²) in [5.74, 6) is -1.07. The fraction of sp³-hybridized carbons (Fsp3) is 0.619. The monoisotopic (exact) mass is 349 g/mol. The number of carbonyl (C=O) groups is 2. The number of amides is 1. The Morgan fingerprint density at radius 2 is 1.36 bits per heavy atom. The first-order valence-corrected chi connectivity index (χ1v) is 9.48. The summed E-state index contributed by atoms with van der Waals surface area (Å²) in [6.45, 7) is 2.00. The van der Waals surface area contributed by atoms with E-state index in [1.807, 2.05) is 0 Å². The number of likely N-dealkylation sites (N-methyl/N-ethyl adjacent to an activating group) is 1. The molecule has 1 N–H and O–H groups in total. The summed E-state index contributed by atoms with van der Waals surface area (Å²) < 4.78 is 0. The van der Waals surface area contributed by atoms with E-state index >= 15 is 0 Å². The Morgan fingerprint density at radius 3 is 1.88 bits per heavy atom. The highest BCUT2D eigenvalue weighted by Gasteiger charge is 2.10. The van der Waals surface area contributed by atoms with Crippen molar-refractivity contribution in [2.24, 2.45) is 0 Å². The molecule has 0 saturated heterocycles. The predicted octanol–water partition coefficient (Wildman–Crippen LogP) is 5.12. The molecule has 0 aromatic carbocycles. The highest BCUT2D eigenvalue weighted by Crippen LogP contribution is 2.04. The van der Waals surface area contributed by atoms with Crippen LogP contribution in [0.1, 0.15) is 71.1 Å². The predicted molar refractivity (Wildman–Crippen MR) is 105 cm³/mol. The van der Waals surface area contributed by atoms with Gasteiger partial charge in [-0.25, -0.2) is 0 Å².